The van der Waals surface area contributed by atoms with Crippen LogP contribution in [-0.2, 0) is 16.8 Å². The predicted molar refractivity (Wildman–Crippen MR) is 98.0 cm³/mol. The Morgan fingerprint density at radius 1 is 1.19 bits per heavy atom. The maximum Gasteiger partial charge on any atom is 0.274 e. The number of amides is 1. The third-order valence-electron chi connectivity index (χ3n) is 5.50. The Morgan fingerprint density at radius 2 is 1.93 bits per heavy atom. The number of rotatable bonds is 3. The van der Waals surface area contributed by atoms with E-state index in [1.54, 1.807) is 32.5 Å². The van der Waals surface area contributed by atoms with E-state index in [2.05, 4.69) is 16.3 Å². The summed E-state index contributed by atoms with van der Waals surface area (Å²) >= 11 is 0. The van der Waals surface area contributed by atoms with Gasteiger partial charge in [0.2, 0.25) is 0 Å². The maximum atomic E-state index is 12.6. The number of nitrogens with zero attached hydrogens (tertiary/aromatic N) is 3. The smallest absolute Gasteiger partial charge is 0.274 e. The first-order valence-corrected chi connectivity index (χ1v) is 9.13. The van der Waals surface area contributed by atoms with Crippen molar-refractivity contribution in [2.24, 2.45) is 0 Å². The van der Waals surface area contributed by atoms with Gasteiger partial charge in [-0.1, -0.05) is 0 Å². The molecule has 1 spiro atoms. The number of aromatic nitrogens is 2. The molecule has 27 heavy (non-hydrogen) atoms. The predicted octanol–water partition coefficient (Wildman–Crippen LogP) is 2.20. The zero-order valence-corrected chi connectivity index (χ0v) is 15.6. The lowest BCUT2D eigenvalue weighted by atomic mass is 9.79. The Labute approximate surface area is 158 Å². The van der Waals surface area contributed by atoms with Crippen LogP contribution in [0.2, 0.25) is 0 Å². The minimum atomic E-state index is -0.383. The van der Waals surface area contributed by atoms with Gasteiger partial charge in [0.05, 0.1) is 26.4 Å². The van der Waals surface area contributed by atoms with Crippen LogP contribution in [0.1, 0.15) is 34.5 Å². The number of ether oxygens (including phenoxy) is 3. The molecule has 0 atom stereocenters. The summed E-state index contributed by atoms with van der Waals surface area (Å²) in [6, 6.07) is 7.51. The van der Waals surface area contributed by atoms with Crippen molar-refractivity contribution in [3.8, 4) is 11.5 Å². The molecule has 142 valence electrons. The first kappa shape index (κ1) is 17.7. The molecule has 0 saturated carbocycles. The topological polar surface area (TPSA) is 73.8 Å². The zero-order chi connectivity index (χ0) is 18.9. The summed E-state index contributed by atoms with van der Waals surface area (Å²) in [7, 11) is 3.29. The summed E-state index contributed by atoms with van der Waals surface area (Å²) in [5.74, 6) is 1.36. The standard InChI is InChI=1S/C20H23N3O4/c1-25-17-12-14-5-11-27-20(15(14)13-18(17)26-2)6-9-23(10-7-20)19(24)16-4-3-8-21-22-16/h3-4,8,12-13H,5-7,9-11H2,1-2H3. The van der Waals surface area contributed by atoms with E-state index in [0.29, 0.717) is 31.1 Å². The van der Waals surface area contributed by atoms with Gasteiger partial charge in [0.15, 0.2) is 17.2 Å². The molecule has 7 nitrogen and oxygen atoms in total. The van der Waals surface area contributed by atoms with E-state index in [-0.39, 0.29) is 11.5 Å². The molecule has 1 aromatic carbocycles. The SMILES string of the molecule is COc1cc2c(cc1OC)C1(CCN(C(=O)c3cccnn3)CC1)OCC2. The summed E-state index contributed by atoms with van der Waals surface area (Å²) < 4.78 is 17.2. The molecule has 0 N–H and O–H groups in total. The summed E-state index contributed by atoms with van der Waals surface area (Å²) in [6.45, 7) is 1.90. The monoisotopic (exact) mass is 369 g/mol. The molecule has 1 fully saturated rings. The lowest BCUT2D eigenvalue weighted by Gasteiger charge is -2.45. The second kappa shape index (κ2) is 7.15. The Morgan fingerprint density at radius 3 is 2.59 bits per heavy atom. The van der Waals surface area contributed by atoms with E-state index in [9.17, 15) is 4.79 Å². The highest BCUT2D eigenvalue weighted by atomic mass is 16.5. The molecule has 4 rings (SSSR count). The van der Waals surface area contributed by atoms with Gasteiger partial charge in [-0.3, -0.25) is 4.79 Å². The van der Waals surface area contributed by atoms with Crippen molar-refractivity contribution >= 4 is 5.91 Å². The summed E-state index contributed by atoms with van der Waals surface area (Å²) in [5.41, 5.74) is 2.38. The number of methoxy groups -OCH3 is 2. The Balaban J connectivity index is 1.58. The molecule has 3 heterocycles. The third-order valence-corrected chi connectivity index (χ3v) is 5.50. The summed E-state index contributed by atoms with van der Waals surface area (Å²) in [5, 5.41) is 7.73. The summed E-state index contributed by atoms with van der Waals surface area (Å²) in [6.07, 6.45) is 3.89. The molecule has 2 aromatic rings. The quantitative estimate of drug-likeness (QED) is 0.826. The van der Waals surface area contributed by atoms with Crippen LogP contribution in [0.3, 0.4) is 0 Å². The second-order valence-corrected chi connectivity index (χ2v) is 6.86. The van der Waals surface area contributed by atoms with Gasteiger partial charge in [-0.25, -0.2) is 0 Å². The molecule has 2 aliphatic rings. The van der Waals surface area contributed by atoms with Crippen molar-refractivity contribution in [3.05, 3.63) is 47.3 Å². The van der Waals surface area contributed by atoms with E-state index in [1.807, 2.05) is 11.0 Å². The minimum Gasteiger partial charge on any atom is -0.493 e. The molecule has 0 unspecified atom stereocenters. The van der Waals surface area contributed by atoms with Gasteiger partial charge in [0.1, 0.15) is 0 Å². The molecule has 1 saturated heterocycles. The Kier molecular flexibility index (Phi) is 4.70. The lowest BCUT2D eigenvalue weighted by molar-refractivity contribution is -0.0937. The fourth-order valence-corrected chi connectivity index (χ4v) is 4.05. The average molecular weight is 369 g/mol. The average Bonchev–Trinajstić information content (AvgIpc) is 2.74. The number of carbonyl (C=O) groups is 1. The van der Waals surface area contributed by atoms with Crippen molar-refractivity contribution in [1.82, 2.24) is 15.1 Å². The van der Waals surface area contributed by atoms with Crippen LogP contribution < -0.4 is 9.47 Å². The third kappa shape index (κ3) is 3.12. The highest BCUT2D eigenvalue weighted by molar-refractivity contribution is 5.92. The molecule has 2 aliphatic heterocycles. The molecule has 0 bridgehead atoms. The number of carbonyl (C=O) groups excluding carboxylic acids is 1. The van der Waals surface area contributed by atoms with Crippen molar-refractivity contribution < 1.29 is 19.0 Å². The van der Waals surface area contributed by atoms with E-state index in [0.717, 1.165) is 30.6 Å². The highest BCUT2D eigenvalue weighted by Crippen LogP contribution is 2.45. The number of fused-ring (bicyclic) bond motifs is 2. The largest absolute Gasteiger partial charge is 0.493 e. The van der Waals surface area contributed by atoms with E-state index >= 15 is 0 Å². The van der Waals surface area contributed by atoms with Crippen LogP contribution in [0, 0.1) is 0 Å². The van der Waals surface area contributed by atoms with Gasteiger partial charge in [-0.2, -0.15) is 5.10 Å². The highest BCUT2D eigenvalue weighted by Gasteiger charge is 2.42. The fraction of sp³-hybridized carbons (Fsp3) is 0.450. The van der Waals surface area contributed by atoms with Crippen LogP contribution in [0.25, 0.3) is 0 Å². The zero-order valence-electron chi connectivity index (χ0n) is 15.6. The van der Waals surface area contributed by atoms with Gasteiger partial charge in [-0.15, -0.1) is 5.10 Å². The van der Waals surface area contributed by atoms with Gasteiger partial charge >= 0.3 is 0 Å². The fourth-order valence-electron chi connectivity index (χ4n) is 4.05. The number of hydrogen-bond acceptors (Lipinski definition) is 6. The normalized spacial score (nSPS) is 18.1. The van der Waals surface area contributed by atoms with Gasteiger partial charge in [0.25, 0.3) is 5.91 Å². The van der Waals surface area contributed by atoms with E-state index in [4.69, 9.17) is 14.2 Å². The van der Waals surface area contributed by atoms with Crippen LogP contribution in [0.15, 0.2) is 30.5 Å². The van der Waals surface area contributed by atoms with Gasteiger partial charge in [0, 0.05) is 19.3 Å². The van der Waals surface area contributed by atoms with E-state index < -0.39 is 0 Å². The number of piperidine rings is 1. The van der Waals surface area contributed by atoms with Crippen LogP contribution in [0.4, 0.5) is 0 Å². The first-order valence-electron chi connectivity index (χ1n) is 9.13. The minimum absolute atomic E-state index is 0.0821. The van der Waals surface area contributed by atoms with Crippen molar-refractivity contribution in [3.63, 3.8) is 0 Å². The van der Waals surface area contributed by atoms with Gasteiger partial charge in [-0.05, 0) is 54.7 Å². The lowest BCUT2D eigenvalue weighted by Crippen LogP contribution is -2.48. The second-order valence-electron chi connectivity index (χ2n) is 6.86. The molecule has 0 aliphatic carbocycles. The number of hydrogen-bond donors (Lipinski definition) is 0. The molecular weight excluding hydrogens is 346 g/mol. The van der Waals surface area contributed by atoms with Crippen molar-refractivity contribution in [2.45, 2.75) is 24.9 Å². The molecular formula is C20H23N3O4. The number of likely N-dealkylation sites (tertiary alicyclic amines) is 1. The van der Waals surface area contributed by atoms with Crippen molar-refractivity contribution in [1.29, 1.82) is 0 Å². The van der Waals surface area contributed by atoms with Crippen LogP contribution in [-0.4, -0.2) is 54.9 Å². The first-order chi connectivity index (χ1) is 13.2. The molecule has 7 heteroatoms. The van der Waals surface area contributed by atoms with E-state index in [1.165, 1.54) is 5.56 Å². The van der Waals surface area contributed by atoms with Crippen LogP contribution >= 0.6 is 0 Å². The molecule has 1 aromatic heterocycles. The van der Waals surface area contributed by atoms with Gasteiger partial charge < -0.3 is 19.1 Å². The Hall–Kier alpha value is -2.67. The van der Waals surface area contributed by atoms with Crippen LogP contribution in [0.5, 0.6) is 11.5 Å². The summed E-state index contributed by atoms with van der Waals surface area (Å²) in [4.78, 5) is 14.5. The molecule has 0 radical (unpaired) electrons. The van der Waals surface area contributed by atoms with Crippen molar-refractivity contribution in [2.75, 3.05) is 33.9 Å². The molecule has 1 amide bonds. The maximum absolute atomic E-state index is 12.6. The Bertz CT molecular complexity index is 833. The number of benzene rings is 1.